The van der Waals surface area contributed by atoms with E-state index in [-0.39, 0.29) is 11.3 Å². The highest BCUT2D eigenvalue weighted by Crippen LogP contribution is 2.33. The fourth-order valence-electron chi connectivity index (χ4n) is 3.70. The van der Waals surface area contributed by atoms with Crippen molar-refractivity contribution in [2.75, 3.05) is 25.6 Å². The lowest BCUT2D eigenvalue weighted by molar-refractivity contribution is -0.111. The number of ether oxygens (including phenoxy) is 3. The van der Waals surface area contributed by atoms with Crippen molar-refractivity contribution in [1.29, 1.82) is 0 Å². The summed E-state index contributed by atoms with van der Waals surface area (Å²) < 4.78 is 16.6. The van der Waals surface area contributed by atoms with Crippen LogP contribution in [0.2, 0.25) is 0 Å². The van der Waals surface area contributed by atoms with Crippen molar-refractivity contribution in [2.24, 2.45) is 0 Å². The number of carbonyl (C=O) groups excluding carboxylic acids is 1. The number of amides is 1. The van der Waals surface area contributed by atoms with Gasteiger partial charge in [0, 0.05) is 17.8 Å². The Kier molecular flexibility index (Phi) is 6.40. The maximum absolute atomic E-state index is 13.0. The molecule has 0 atom stereocenters. The third-order valence-corrected chi connectivity index (χ3v) is 5.53. The standard InChI is InChI=1S/C28H29NO4/c1-28(2,3)21-10-8-19(9-11-21)24(20-6-5-7-23(16-20)31-4)18-27(30)29-22-12-13-25-26(17-22)33-15-14-32-25/h5-13,16-18H,14-15H2,1-4H3,(H,29,30)/b24-18-. The third-order valence-electron chi connectivity index (χ3n) is 5.53. The van der Waals surface area contributed by atoms with Crippen molar-refractivity contribution in [3.05, 3.63) is 89.5 Å². The molecule has 1 aliphatic rings. The van der Waals surface area contributed by atoms with E-state index in [1.807, 2.05) is 36.4 Å². The summed E-state index contributed by atoms with van der Waals surface area (Å²) in [5.41, 5.74) is 4.59. The number of carbonyl (C=O) groups is 1. The molecule has 0 saturated carbocycles. The smallest absolute Gasteiger partial charge is 0.249 e. The van der Waals surface area contributed by atoms with Crippen molar-refractivity contribution in [3.8, 4) is 17.2 Å². The first-order valence-corrected chi connectivity index (χ1v) is 11.0. The summed E-state index contributed by atoms with van der Waals surface area (Å²) in [6.45, 7) is 7.57. The summed E-state index contributed by atoms with van der Waals surface area (Å²) in [6.07, 6.45) is 1.62. The van der Waals surface area contributed by atoms with E-state index < -0.39 is 0 Å². The van der Waals surface area contributed by atoms with Crippen LogP contribution >= 0.6 is 0 Å². The Morgan fingerprint density at radius 1 is 0.909 bits per heavy atom. The number of methoxy groups -OCH3 is 1. The largest absolute Gasteiger partial charge is 0.497 e. The maximum atomic E-state index is 13.0. The van der Waals surface area contributed by atoms with Crippen LogP contribution < -0.4 is 19.5 Å². The second-order valence-corrected chi connectivity index (χ2v) is 8.97. The fourth-order valence-corrected chi connectivity index (χ4v) is 3.70. The molecule has 1 heterocycles. The summed E-state index contributed by atoms with van der Waals surface area (Å²) >= 11 is 0. The number of anilines is 1. The Hall–Kier alpha value is -3.73. The number of hydrogen-bond acceptors (Lipinski definition) is 4. The van der Waals surface area contributed by atoms with Gasteiger partial charge in [-0.3, -0.25) is 4.79 Å². The van der Waals surface area contributed by atoms with Gasteiger partial charge in [0.05, 0.1) is 7.11 Å². The molecule has 3 aromatic rings. The zero-order valence-corrected chi connectivity index (χ0v) is 19.5. The SMILES string of the molecule is COc1cccc(/C(=C\C(=O)Nc2ccc3c(c2)OCCO3)c2ccc(C(C)(C)C)cc2)c1. The molecule has 0 saturated heterocycles. The molecule has 0 aromatic heterocycles. The quantitative estimate of drug-likeness (QED) is 0.504. The molecule has 5 nitrogen and oxygen atoms in total. The van der Waals surface area contributed by atoms with E-state index in [4.69, 9.17) is 14.2 Å². The Balaban J connectivity index is 1.67. The van der Waals surface area contributed by atoms with E-state index in [2.05, 4.69) is 50.4 Å². The van der Waals surface area contributed by atoms with Crippen LogP contribution in [0.1, 0.15) is 37.5 Å². The minimum absolute atomic E-state index is 0.0496. The van der Waals surface area contributed by atoms with Crippen LogP contribution in [-0.4, -0.2) is 26.2 Å². The van der Waals surface area contributed by atoms with Gasteiger partial charge in [-0.1, -0.05) is 57.2 Å². The first-order valence-electron chi connectivity index (χ1n) is 11.0. The molecular weight excluding hydrogens is 414 g/mol. The second kappa shape index (κ2) is 9.41. The molecule has 1 N–H and O–H groups in total. The lowest BCUT2D eigenvalue weighted by atomic mass is 9.85. The van der Waals surface area contributed by atoms with Crippen molar-refractivity contribution >= 4 is 17.2 Å². The molecule has 170 valence electrons. The summed E-state index contributed by atoms with van der Waals surface area (Å²) in [7, 11) is 1.63. The number of nitrogens with one attached hydrogen (secondary N) is 1. The molecule has 0 aliphatic carbocycles. The van der Waals surface area contributed by atoms with Gasteiger partial charge in [0.15, 0.2) is 11.5 Å². The van der Waals surface area contributed by atoms with Crippen molar-refractivity contribution in [1.82, 2.24) is 0 Å². The summed E-state index contributed by atoms with van der Waals surface area (Å²) in [4.78, 5) is 13.0. The molecule has 0 radical (unpaired) electrons. The molecular formula is C28H29NO4. The van der Waals surface area contributed by atoms with Gasteiger partial charge in [-0.05, 0) is 51.9 Å². The maximum Gasteiger partial charge on any atom is 0.249 e. The van der Waals surface area contributed by atoms with Gasteiger partial charge >= 0.3 is 0 Å². The van der Waals surface area contributed by atoms with Crippen LogP contribution in [0.5, 0.6) is 17.2 Å². The van der Waals surface area contributed by atoms with E-state index in [0.717, 1.165) is 22.4 Å². The van der Waals surface area contributed by atoms with Gasteiger partial charge in [0.2, 0.25) is 5.91 Å². The molecule has 1 aliphatic heterocycles. The molecule has 0 spiro atoms. The van der Waals surface area contributed by atoms with Crippen LogP contribution in [0, 0.1) is 0 Å². The number of fused-ring (bicyclic) bond motifs is 1. The third kappa shape index (κ3) is 5.37. The van der Waals surface area contributed by atoms with E-state index in [1.54, 1.807) is 19.3 Å². The summed E-state index contributed by atoms with van der Waals surface area (Å²) in [5, 5.41) is 2.94. The van der Waals surface area contributed by atoms with Crippen molar-refractivity contribution in [2.45, 2.75) is 26.2 Å². The first kappa shape index (κ1) is 22.5. The highest BCUT2D eigenvalue weighted by Gasteiger charge is 2.16. The van der Waals surface area contributed by atoms with Gasteiger partial charge in [0.1, 0.15) is 19.0 Å². The average Bonchev–Trinajstić information content (AvgIpc) is 2.82. The van der Waals surface area contributed by atoms with Gasteiger partial charge in [-0.2, -0.15) is 0 Å². The topological polar surface area (TPSA) is 56.8 Å². The molecule has 0 unspecified atom stereocenters. The highest BCUT2D eigenvalue weighted by molar-refractivity contribution is 6.06. The average molecular weight is 444 g/mol. The van der Waals surface area contributed by atoms with Crippen LogP contribution in [0.15, 0.2) is 72.8 Å². The first-order chi connectivity index (χ1) is 15.8. The number of benzene rings is 3. The zero-order chi connectivity index (χ0) is 23.4. The Morgan fingerprint density at radius 3 is 2.33 bits per heavy atom. The van der Waals surface area contributed by atoms with Crippen LogP contribution in [0.25, 0.3) is 5.57 Å². The van der Waals surface area contributed by atoms with Crippen molar-refractivity contribution < 1.29 is 19.0 Å². The number of hydrogen-bond donors (Lipinski definition) is 1. The minimum atomic E-state index is -0.232. The summed E-state index contributed by atoms with van der Waals surface area (Å²) in [6, 6.07) is 21.5. The minimum Gasteiger partial charge on any atom is -0.497 e. The monoisotopic (exact) mass is 443 g/mol. The summed E-state index contributed by atoms with van der Waals surface area (Å²) in [5.74, 6) is 1.82. The van der Waals surface area contributed by atoms with Gasteiger partial charge < -0.3 is 19.5 Å². The predicted octanol–water partition coefficient (Wildman–Crippen LogP) is 5.83. The van der Waals surface area contributed by atoms with Crippen molar-refractivity contribution in [3.63, 3.8) is 0 Å². The lowest BCUT2D eigenvalue weighted by Crippen LogP contribution is -2.16. The van der Waals surface area contributed by atoms with Crippen LogP contribution in [0.3, 0.4) is 0 Å². The molecule has 0 fully saturated rings. The van der Waals surface area contributed by atoms with E-state index in [9.17, 15) is 4.79 Å². The molecule has 4 rings (SSSR count). The second-order valence-electron chi connectivity index (χ2n) is 8.97. The van der Waals surface area contributed by atoms with E-state index in [1.165, 1.54) is 5.56 Å². The Labute approximate surface area is 195 Å². The van der Waals surface area contributed by atoms with Gasteiger partial charge in [-0.15, -0.1) is 0 Å². The Morgan fingerprint density at radius 2 is 1.64 bits per heavy atom. The van der Waals surface area contributed by atoms with Gasteiger partial charge in [-0.25, -0.2) is 0 Å². The van der Waals surface area contributed by atoms with E-state index in [0.29, 0.717) is 30.4 Å². The Bertz CT molecular complexity index is 1170. The van der Waals surface area contributed by atoms with Crippen LogP contribution in [0.4, 0.5) is 5.69 Å². The van der Waals surface area contributed by atoms with E-state index >= 15 is 0 Å². The molecule has 3 aromatic carbocycles. The van der Waals surface area contributed by atoms with Crippen LogP contribution in [-0.2, 0) is 10.2 Å². The molecule has 5 heteroatoms. The lowest BCUT2D eigenvalue weighted by Gasteiger charge is -2.20. The molecule has 33 heavy (non-hydrogen) atoms. The zero-order valence-electron chi connectivity index (χ0n) is 19.5. The fraction of sp³-hybridized carbons (Fsp3) is 0.250. The molecule has 1 amide bonds. The predicted molar refractivity (Wildman–Crippen MR) is 131 cm³/mol. The molecule has 0 bridgehead atoms. The highest BCUT2D eigenvalue weighted by atomic mass is 16.6. The normalized spacial score (nSPS) is 13.4. The van der Waals surface area contributed by atoms with Gasteiger partial charge in [0.25, 0.3) is 0 Å². The number of rotatable bonds is 5.